The zero-order valence-corrected chi connectivity index (χ0v) is 17.5. The summed E-state index contributed by atoms with van der Waals surface area (Å²) < 4.78 is 14.7. The molecule has 2 heterocycles. The van der Waals surface area contributed by atoms with Gasteiger partial charge >= 0.3 is 5.97 Å². The molecule has 0 unspecified atom stereocenters. The molecule has 1 atom stereocenters. The number of likely N-dealkylation sites (tertiary alicyclic amines) is 1. The van der Waals surface area contributed by atoms with Crippen LogP contribution in [0.4, 0.5) is 10.1 Å². The van der Waals surface area contributed by atoms with Crippen LogP contribution in [0, 0.1) is 12.7 Å². The number of carboxylic acids is 1. The molecule has 0 saturated carbocycles. The van der Waals surface area contributed by atoms with Gasteiger partial charge in [-0.2, -0.15) is 0 Å². The molecule has 1 aliphatic rings. The number of nitrogens with one attached hydrogen (secondary N) is 1. The fraction of sp³-hybridized carbons (Fsp3) is 0.304. The van der Waals surface area contributed by atoms with Crippen LogP contribution in [0.5, 0.6) is 0 Å². The van der Waals surface area contributed by atoms with Crippen molar-refractivity contribution in [3.63, 3.8) is 0 Å². The largest absolute Gasteiger partial charge is 0.477 e. The summed E-state index contributed by atoms with van der Waals surface area (Å²) in [4.78, 5) is 26.9. The summed E-state index contributed by atoms with van der Waals surface area (Å²) in [6.45, 7) is 2.62. The van der Waals surface area contributed by atoms with Gasteiger partial charge in [-0.1, -0.05) is 24.3 Å². The molecule has 0 radical (unpaired) electrons. The van der Waals surface area contributed by atoms with E-state index in [1.807, 2.05) is 24.3 Å². The molecule has 1 amide bonds. The number of nitrogens with zero attached hydrogens (tertiary/aromatic N) is 1. The van der Waals surface area contributed by atoms with Gasteiger partial charge < -0.3 is 10.4 Å². The van der Waals surface area contributed by atoms with Gasteiger partial charge in [-0.25, -0.2) is 9.18 Å². The second-order valence-electron chi connectivity index (χ2n) is 7.64. The van der Waals surface area contributed by atoms with Crippen LogP contribution in [0.25, 0.3) is 10.1 Å². The lowest BCUT2D eigenvalue weighted by Gasteiger charge is -2.24. The Bertz CT molecular complexity index is 1110. The van der Waals surface area contributed by atoms with Crippen LogP contribution in [-0.4, -0.2) is 41.0 Å². The quantitative estimate of drug-likeness (QED) is 0.600. The fourth-order valence-corrected chi connectivity index (χ4v) is 5.23. The molecule has 30 heavy (non-hydrogen) atoms. The van der Waals surface area contributed by atoms with Crippen molar-refractivity contribution in [1.29, 1.82) is 0 Å². The van der Waals surface area contributed by atoms with Crippen molar-refractivity contribution in [3.05, 3.63) is 64.3 Å². The van der Waals surface area contributed by atoms with E-state index in [4.69, 9.17) is 0 Å². The lowest BCUT2D eigenvalue weighted by Crippen LogP contribution is -2.38. The number of halogens is 1. The number of hydrogen-bond acceptors (Lipinski definition) is 4. The van der Waals surface area contributed by atoms with E-state index in [1.54, 1.807) is 19.1 Å². The van der Waals surface area contributed by atoms with Crippen molar-refractivity contribution in [1.82, 2.24) is 4.90 Å². The molecule has 5 nitrogen and oxygen atoms in total. The summed E-state index contributed by atoms with van der Waals surface area (Å²) in [5.74, 6) is -1.45. The van der Waals surface area contributed by atoms with Crippen LogP contribution in [0.1, 0.15) is 33.6 Å². The maximum atomic E-state index is 13.7. The highest BCUT2D eigenvalue weighted by atomic mass is 32.1. The number of hydrogen-bond donors (Lipinski definition) is 2. The highest BCUT2D eigenvalue weighted by Gasteiger charge is 2.29. The van der Waals surface area contributed by atoms with Crippen molar-refractivity contribution >= 4 is 39.0 Å². The molecule has 2 N–H and O–H groups in total. The number of fused-ring (bicyclic) bond motifs is 1. The summed E-state index contributed by atoms with van der Waals surface area (Å²) in [7, 11) is 0. The predicted molar refractivity (Wildman–Crippen MR) is 117 cm³/mol. The zero-order chi connectivity index (χ0) is 21.3. The number of carboxylic acid groups (broad SMARTS) is 1. The van der Waals surface area contributed by atoms with E-state index >= 15 is 0 Å². The molecule has 1 aromatic heterocycles. The van der Waals surface area contributed by atoms with E-state index in [1.165, 1.54) is 17.4 Å². The van der Waals surface area contributed by atoms with E-state index in [9.17, 15) is 19.1 Å². The van der Waals surface area contributed by atoms with Gasteiger partial charge in [-0.3, -0.25) is 9.69 Å². The summed E-state index contributed by atoms with van der Waals surface area (Å²) in [5.41, 5.74) is 1.74. The lowest BCUT2D eigenvalue weighted by molar-refractivity contribution is -0.117. The van der Waals surface area contributed by atoms with Crippen molar-refractivity contribution in [2.45, 2.75) is 32.2 Å². The minimum atomic E-state index is -0.907. The van der Waals surface area contributed by atoms with Gasteiger partial charge in [-0.05, 0) is 61.9 Å². The molecular weight excluding hydrogens is 403 g/mol. The predicted octanol–water partition coefficient (Wildman–Crippen LogP) is 4.69. The molecule has 4 rings (SSSR count). The van der Waals surface area contributed by atoms with Crippen molar-refractivity contribution in [3.8, 4) is 0 Å². The third kappa shape index (κ3) is 4.08. The van der Waals surface area contributed by atoms with Gasteiger partial charge in [0, 0.05) is 22.0 Å². The second kappa shape index (κ2) is 8.53. The first-order valence-corrected chi connectivity index (χ1v) is 10.8. The molecule has 7 heteroatoms. The minimum absolute atomic E-state index is 0.0977. The normalized spacial score (nSPS) is 16.8. The van der Waals surface area contributed by atoms with Crippen LogP contribution in [-0.2, 0) is 11.2 Å². The molecule has 0 aliphatic carbocycles. The van der Waals surface area contributed by atoms with E-state index in [0.717, 1.165) is 35.0 Å². The SMILES string of the molecule is Cc1c(F)cccc1NC(=O)CN1CCC[C@@H]1Cc1c(C(=O)O)sc2ccccc12. The Morgan fingerprint density at radius 3 is 2.83 bits per heavy atom. The average Bonchev–Trinajstić information content (AvgIpc) is 3.30. The number of anilines is 1. The molecule has 1 saturated heterocycles. The van der Waals surface area contributed by atoms with E-state index < -0.39 is 5.97 Å². The molecule has 2 aromatic carbocycles. The Labute approximate surface area is 178 Å². The van der Waals surface area contributed by atoms with Gasteiger partial charge in [0.1, 0.15) is 10.7 Å². The fourth-order valence-electron chi connectivity index (χ4n) is 4.16. The maximum Gasteiger partial charge on any atom is 0.346 e. The van der Waals surface area contributed by atoms with Crippen LogP contribution in [0.3, 0.4) is 0 Å². The van der Waals surface area contributed by atoms with Crippen LogP contribution in [0.2, 0.25) is 0 Å². The molecule has 0 spiro atoms. The summed E-state index contributed by atoms with van der Waals surface area (Å²) in [6.07, 6.45) is 2.47. The maximum absolute atomic E-state index is 13.7. The number of amides is 1. The molecule has 0 bridgehead atoms. The van der Waals surface area contributed by atoms with E-state index in [-0.39, 0.29) is 24.3 Å². The number of thiophene rings is 1. The van der Waals surface area contributed by atoms with Crippen LogP contribution >= 0.6 is 11.3 Å². The monoisotopic (exact) mass is 426 g/mol. The number of rotatable bonds is 6. The van der Waals surface area contributed by atoms with Crippen LogP contribution in [0.15, 0.2) is 42.5 Å². The Morgan fingerprint density at radius 2 is 2.03 bits per heavy atom. The topological polar surface area (TPSA) is 69.6 Å². The van der Waals surface area contributed by atoms with Crippen LogP contribution < -0.4 is 5.32 Å². The molecule has 1 fully saturated rings. The summed E-state index contributed by atoms with van der Waals surface area (Å²) in [6, 6.07) is 12.5. The third-order valence-electron chi connectivity index (χ3n) is 5.72. The Balaban J connectivity index is 1.50. The van der Waals surface area contributed by atoms with E-state index in [2.05, 4.69) is 10.2 Å². The first kappa shape index (κ1) is 20.5. The van der Waals surface area contributed by atoms with Gasteiger partial charge in [0.2, 0.25) is 5.91 Å². The summed E-state index contributed by atoms with van der Waals surface area (Å²) in [5, 5.41) is 13.4. The lowest BCUT2D eigenvalue weighted by atomic mass is 10.0. The highest BCUT2D eigenvalue weighted by molar-refractivity contribution is 7.21. The number of aromatic carboxylic acids is 1. The third-order valence-corrected chi connectivity index (χ3v) is 6.92. The average molecular weight is 427 g/mol. The molecule has 1 aliphatic heterocycles. The highest BCUT2D eigenvalue weighted by Crippen LogP contribution is 2.34. The Morgan fingerprint density at radius 1 is 1.23 bits per heavy atom. The molecule has 156 valence electrons. The summed E-state index contributed by atoms with van der Waals surface area (Å²) >= 11 is 1.30. The standard InChI is InChI=1S/C23H23FN2O3S/c1-14-18(24)8-4-9-19(14)25-21(27)13-26-11-5-6-15(26)12-17-16-7-2-3-10-20(16)30-22(17)23(28)29/h2-4,7-10,15H,5-6,11-13H2,1H3,(H,25,27)(H,28,29)/t15-/m1/s1. The number of benzene rings is 2. The van der Waals surface area contributed by atoms with Gasteiger partial charge in [0.05, 0.1) is 6.54 Å². The minimum Gasteiger partial charge on any atom is -0.477 e. The van der Waals surface area contributed by atoms with Crippen molar-refractivity contribution < 1.29 is 19.1 Å². The van der Waals surface area contributed by atoms with Gasteiger partial charge in [0.15, 0.2) is 0 Å². The van der Waals surface area contributed by atoms with E-state index in [0.29, 0.717) is 22.5 Å². The smallest absolute Gasteiger partial charge is 0.346 e. The first-order chi connectivity index (χ1) is 14.4. The first-order valence-electron chi connectivity index (χ1n) is 9.96. The Kier molecular flexibility index (Phi) is 5.83. The molecule has 3 aromatic rings. The molecular formula is C23H23FN2O3S. The number of carbonyl (C=O) groups is 2. The van der Waals surface area contributed by atoms with Crippen molar-refractivity contribution in [2.24, 2.45) is 0 Å². The zero-order valence-electron chi connectivity index (χ0n) is 16.7. The Hall–Kier alpha value is -2.77. The number of carbonyl (C=O) groups excluding carboxylic acids is 1. The van der Waals surface area contributed by atoms with Gasteiger partial charge in [-0.15, -0.1) is 11.3 Å². The van der Waals surface area contributed by atoms with Gasteiger partial charge in [0.25, 0.3) is 0 Å². The van der Waals surface area contributed by atoms with Crippen molar-refractivity contribution in [2.75, 3.05) is 18.4 Å². The second-order valence-corrected chi connectivity index (χ2v) is 8.69.